The van der Waals surface area contributed by atoms with Gasteiger partial charge in [-0.25, -0.2) is 9.37 Å². The van der Waals surface area contributed by atoms with Crippen LogP contribution in [0.5, 0.6) is 0 Å². The number of carbonyl (C=O) groups is 1. The molecule has 1 N–H and O–H groups in total. The standard InChI is InChI=1S/C25H25FN6O2/c1-14-12-31(8-9-34-14)16-4-6-18(19(26)10-16)24-22-15(2)30(3)29-23(22)25(33)32(24)17-5-7-20-21(11-17)28-13-27-20/h4-7,10-11,13-14,24H,8-9,12H2,1-3H3,(H,27,28). The number of halogens is 1. The van der Waals surface area contributed by atoms with Crippen LogP contribution in [0.2, 0.25) is 0 Å². The van der Waals surface area contributed by atoms with Crippen molar-refractivity contribution >= 4 is 28.3 Å². The molecule has 2 aliphatic rings. The van der Waals surface area contributed by atoms with Crippen LogP contribution in [0.25, 0.3) is 11.0 Å². The second-order valence-corrected chi connectivity index (χ2v) is 8.99. The molecule has 1 fully saturated rings. The number of morpholine rings is 1. The highest BCUT2D eigenvalue weighted by molar-refractivity contribution is 6.11. The Kier molecular flexibility index (Phi) is 4.70. The van der Waals surface area contributed by atoms with E-state index >= 15 is 4.39 Å². The highest BCUT2D eigenvalue weighted by Crippen LogP contribution is 2.44. The van der Waals surface area contributed by atoms with Crippen molar-refractivity contribution < 1.29 is 13.9 Å². The van der Waals surface area contributed by atoms with Gasteiger partial charge in [-0.2, -0.15) is 5.10 Å². The van der Waals surface area contributed by atoms with Gasteiger partial charge in [0.25, 0.3) is 5.91 Å². The number of amides is 1. The number of nitrogens with one attached hydrogen (secondary N) is 1. The molecule has 2 aromatic carbocycles. The van der Waals surface area contributed by atoms with Gasteiger partial charge in [-0.3, -0.25) is 14.4 Å². The van der Waals surface area contributed by atoms with Crippen molar-refractivity contribution in [3.05, 3.63) is 71.1 Å². The predicted octanol–water partition coefficient (Wildman–Crippen LogP) is 3.72. The number of aromatic nitrogens is 4. The Morgan fingerprint density at radius 2 is 2.00 bits per heavy atom. The number of rotatable bonds is 3. The van der Waals surface area contributed by atoms with Gasteiger partial charge >= 0.3 is 0 Å². The lowest BCUT2D eigenvalue weighted by molar-refractivity contribution is 0.0532. The smallest absolute Gasteiger partial charge is 0.280 e. The predicted molar refractivity (Wildman–Crippen MR) is 127 cm³/mol. The molecule has 1 amide bonds. The number of H-pyrrole nitrogens is 1. The number of aromatic amines is 1. The Labute approximate surface area is 195 Å². The lowest BCUT2D eigenvalue weighted by Crippen LogP contribution is -2.41. The highest BCUT2D eigenvalue weighted by Gasteiger charge is 2.44. The molecule has 34 heavy (non-hydrogen) atoms. The maximum absolute atomic E-state index is 15.8. The maximum Gasteiger partial charge on any atom is 0.280 e. The molecule has 0 radical (unpaired) electrons. The average molecular weight is 461 g/mol. The number of hydrogen-bond acceptors (Lipinski definition) is 5. The Hall–Kier alpha value is -3.72. The number of aryl methyl sites for hydroxylation is 1. The minimum atomic E-state index is -0.616. The normalized spacial score (nSPS) is 20.4. The van der Waals surface area contributed by atoms with Gasteiger partial charge in [0, 0.05) is 48.3 Å². The van der Waals surface area contributed by atoms with Gasteiger partial charge in [-0.15, -0.1) is 0 Å². The van der Waals surface area contributed by atoms with Crippen LogP contribution in [0.15, 0.2) is 42.7 Å². The maximum atomic E-state index is 15.8. The summed E-state index contributed by atoms with van der Waals surface area (Å²) in [6.07, 6.45) is 1.71. The molecule has 2 atom stereocenters. The lowest BCUT2D eigenvalue weighted by Gasteiger charge is -2.33. The first-order valence-electron chi connectivity index (χ1n) is 11.4. The molecule has 2 unspecified atom stereocenters. The molecule has 0 bridgehead atoms. The van der Waals surface area contributed by atoms with Gasteiger partial charge < -0.3 is 14.6 Å². The third kappa shape index (κ3) is 3.11. The Morgan fingerprint density at radius 3 is 2.79 bits per heavy atom. The summed E-state index contributed by atoms with van der Waals surface area (Å²) in [5.74, 6) is -0.591. The molecule has 9 heteroatoms. The number of anilines is 2. The minimum Gasteiger partial charge on any atom is -0.375 e. The van der Waals surface area contributed by atoms with Crippen molar-refractivity contribution in [2.75, 3.05) is 29.5 Å². The molecular formula is C25H25FN6O2. The van der Waals surface area contributed by atoms with E-state index in [4.69, 9.17) is 4.74 Å². The summed E-state index contributed by atoms with van der Waals surface area (Å²) in [5, 5.41) is 4.47. The van der Waals surface area contributed by atoms with Gasteiger partial charge in [0.1, 0.15) is 5.82 Å². The van der Waals surface area contributed by atoms with E-state index in [-0.39, 0.29) is 17.8 Å². The van der Waals surface area contributed by atoms with Crippen LogP contribution in [0, 0.1) is 12.7 Å². The third-order valence-electron chi connectivity index (χ3n) is 6.90. The van der Waals surface area contributed by atoms with E-state index in [2.05, 4.69) is 20.0 Å². The van der Waals surface area contributed by atoms with Crippen LogP contribution in [0.3, 0.4) is 0 Å². The number of imidazole rings is 1. The Balaban J connectivity index is 1.47. The Morgan fingerprint density at radius 1 is 1.18 bits per heavy atom. The summed E-state index contributed by atoms with van der Waals surface area (Å²) < 4.78 is 23.1. The van der Waals surface area contributed by atoms with Gasteiger partial charge in [0.2, 0.25) is 0 Å². The summed E-state index contributed by atoms with van der Waals surface area (Å²) >= 11 is 0. The van der Waals surface area contributed by atoms with E-state index in [1.165, 1.54) is 0 Å². The second kappa shape index (κ2) is 7.66. The fourth-order valence-corrected chi connectivity index (χ4v) is 5.09. The van der Waals surface area contributed by atoms with E-state index in [1.807, 2.05) is 38.1 Å². The topological polar surface area (TPSA) is 79.3 Å². The minimum absolute atomic E-state index is 0.0948. The summed E-state index contributed by atoms with van der Waals surface area (Å²) in [5.41, 5.74) is 5.47. The van der Waals surface area contributed by atoms with Crippen molar-refractivity contribution in [2.45, 2.75) is 26.0 Å². The molecule has 4 aromatic rings. The van der Waals surface area contributed by atoms with Crippen molar-refractivity contribution in [3.8, 4) is 0 Å². The molecule has 4 heterocycles. The molecule has 2 aliphatic heterocycles. The monoisotopic (exact) mass is 460 g/mol. The molecule has 0 spiro atoms. The highest BCUT2D eigenvalue weighted by atomic mass is 19.1. The van der Waals surface area contributed by atoms with E-state index in [9.17, 15) is 4.79 Å². The number of benzene rings is 2. The average Bonchev–Trinajstić information content (AvgIpc) is 3.48. The molecule has 174 valence electrons. The SMILES string of the molecule is Cc1c2c(nn1C)C(=O)N(c1ccc3nc[nH]c3c1)C2c1ccc(N2CCOC(C)C2)cc1F. The molecule has 1 saturated heterocycles. The molecule has 0 aliphatic carbocycles. The Bertz CT molecular complexity index is 1430. The van der Waals surface area contributed by atoms with Crippen molar-refractivity contribution in [3.63, 3.8) is 0 Å². The van der Waals surface area contributed by atoms with Gasteiger partial charge in [-0.05, 0) is 44.2 Å². The van der Waals surface area contributed by atoms with Crippen LogP contribution in [0.1, 0.15) is 40.3 Å². The number of fused-ring (bicyclic) bond motifs is 2. The summed E-state index contributed by atoms with van der Waals surface area (Å²) in [7, 11) is 1.80. The number of nitrogens with zero attached hydrogens (tertiary/aromatic N) is 5. The van der Waals surface area contributed by atoms with E-state index < -0.39 is 6.04 Å². The van der Waals surface area contributed by atoms with Crippen LogP contribution in [-0.2, 0) is 11.8 Å². The largest absolute Gasteiger partial charge is 0.375 e. The van der Waals surface area contributed by atoms with Crippen molar-refractivity contribution in [1.82, 2.24) is 19.7 Å². The zero-order valence-electron chi connectivity index (χ0n) is 19.2. The third-order valence-corrected chi connectivity index (χ3v) is 6.90. The second-order valence-electron chi connectivity index (χ2n) is 8.99. The number of hydrogen-bond donors (Lipinski definition) is 1. The van der Waals surface area contributed by atoms with Gasteiger partial charge in [0.05, 0.1) is 36.1 Å². The van der Waals surface area contributed by atoms with Crippen LogP contribution >= 0.6 is 0 Å². The quantitative estimate of drug-likeness (QED) is 0.504. The van der Waals surface area contributed by atoms with E-state index in [0.29, 0.717) is 36.6 Å². The van der Waals surface area contributed by atoms with E-state index in [1.54, 1.807) is 35.1 Å². The first-order chi connectivity index (χ1) is 16.4. The molecular weight excluding hydrogens is 435 g/mol. The summed E-state index contributed by atoms with van der Waals surface area (Å²) in [4.78, 5) is 24.7. The van der Waals surface area contributed by atoms with E-state index in [0.717, 1.165) is 28.0 Å². The fourth-order valence-electron chi connectivity index (χ4n) is 5.09. The van der Waals surface area contributed by atoms with Crippen molar-refractivity contribution in [1.29, 1.82) is 0 Å². The van der Waals surface area contributed by atoms with Gasteiger partial charge in [0.15, 0.2) is 5.69 Å². The zero-order chi connectivity index (χ0) is 23.6. The summed E-state index contributed by atoms with van der Waals surface area (Å²) in [6, 6.07) is 10.2. The van der Waals surface area contributed by atoms with Crippen molar-refractivity contribution in [2.24, 2.45) is 7.05 Å². The lowest BCUT2D eigenvalue weighted by atomic mass is 9.97. The van der Waals surface area contributed by atoms with Crippen LogP contribution in [0.4, 0.5) is 15.8 Å². The number of ether oxygens (including phenoxy) is 1. The molecule has 0 saturated carbocycles. The summed E-state index contributed by atoms with van der Waals surface area (Å²) in [6.45, 7) is 5.97. The van der Waals surface area contributed by atoms with Crippen LogP contribution < -0.4 is 9.80 Å². The first-order valence-corrected chi connectivity index (χ1v) is 11.4. The first kappa shape index (κ1) is 20.9. The molecule has 2 aromatic heterocycles. The van der Waals surface area contributed by atoms with Gasteiger partial charge in [-0.1, -0.05) is 6.07 Å². The number of carbonyl (C=O) groups excluding carboxylic acids is 1. The fraction of sp³-hybridized carbons (Fsp3) is 0.320. The zero-order valence-corrected chi connectivity index (χ0v) is 19.2. The molecule has 6 rings (SSSR count). The molecule has 8 nitrogen and oxygen atoms in total. The van der Waals surface area contributed by atoms with Crippen LogP contribution in [-0.4, -0.2) is 51.5 Å².